The Labute approximate surface area is 233 Å². The topological polar surface area (TPSA) is 76.9 Å². The number of carbonyl (C=O) groups is 1. The van der Waals surface area contributed by atoms with Gasteiger partial charge in [0, 0.05) is 66.5 Å². The van der Waals surface area contributed by atoms with Gasteiger partial charge in [-0.3, -0.25) is 4.57 Å². The molecule has 3 heterocycles. The van der Waals surface area contributed by atoms with E-state index in [0.717, 1.165) is 6.07 Å². The first-order valence-electron chi connectivity index (χ1n) is 12.6. The van der Waals surface area contributed by atoms with E-state index in [2.05, 4.69) is 4.98 Å². The molecule has 2 aliphatic heterocycles. The maximum Gasteiger partial charge on any atom is 0.410 e. The summed E-state index contributed by atoms with van der Waals surface area (Å²) in [6.45, 7) is 7.36. The maximum atomic E-state index is 15.0. The van der Waals surface area contributed by atoms with Gasteiger partial charge in [-0.05, 0) is 39.0 Å². The number of hydrogen-bond donors (Lipinski definition) is 0. The number of aromatic nitrogens is 2. The zero-order chi connectivity index (χ0) is 28.1. The smallest absolute Gasteiger partial charge is 0.410 e. The van der Waals surface area contributed by atoms with Gasteiger partial charge >= 0.3 is 11.8 Å². The molecule has 1 fully saturated rings. The number of piperazine rings is 1. The molecule has 1 amide bonds. The van der Waals surface area contributed by atoms with E-state index in [1.165, 1.54) is 23.9 Å². The number of ether oxygens (including phenoxy) is 2. The van der Waals surface area contributed by atoms with Crippen LogP contribution in [-0.4, -0.2) is 71.3 Å². The maximum absolute atomic E-state index is 15.0. The third kappa shape index (κ3) is 5.44. The van der Waals surface area contributed by atoms with Gasteiger partial charge in [-0.15, -0.1) is 11.8 Å². The zero-order valence-corrected chi connectivity index (χ0v) is 23.7. The van der Waals surface area contributed by atoms with Crippen LogP contribution < -0.4 is 10.6 Å². The number of hydrogen-bond acceptors (Lipinski definition) is 7. The van der Waals surface area contributed by atoms with Crippen molar-refractivity contribution >= 4 is 46.2 Å². The van der Waals surface area contributed by atoms with Crippen molar-refractivity contribution in [3.05, 3.63) is 51.4 Å². The van der Waals surface area contributed by atoms with E-state index in [1.54, 1.807) is 22.6 Å². The van der Waals surface area contributed by atoms with Crippen LogP contribution in [0.5, 0.6) is 0 Å². The predicted octanol–water partition coefficient (Wildman–Crippen LogP) is 5.17. The summed E-state index contributed by atoms with van der Waals surface area (Å²) in [5.41, 5.74) is 0.0430. The highest BCUT2D eigenvalue weighted by molar-refractivity contribution is 7.99. The van der Waals surface area contributed by atoms with Crippen molar-refractivity contribution in [2.75, 3.05) is 43.9 Å². The van der Waals surface area contributed by atoms with E-state index in [-0.39, 0.29) is 29.3 Å². The van der Waals surface area contributed by atoms with Gasteiger partial charge < -0.3 is 19.3 Å². The first kappa shape index (κ1) is 27.7. The summed E-state index contributed by atoms with van der Waals surface area (Å²) < 4.78 is 41.3. The molecule has 5 rings (SSSR count). The van der Waals surface area contributed by atoms with E-state index < -0.39 is 22.9 Å². The van der Waals surface area contributed by atoms with Crippen molar-refractivity contribution in [2.24, 2.45) is 0 Å². The molecule has 1 aromatic heterocycles. The quantitative estimate of drug-likeness (QED) is 0.424. The number of anilines is 1. The molecular formula is C27H29ClF2N4O4S. The number of thioether (sulfide) groups is 1. The Hall–Kier alpha value is -2.89. The lowest BCUT2D eigenvalue weighted by molar-refractivity contribution is 0.0240. The van der Waals surface area contributed by atoms with Gasteiger partial charge in [-0.1, -0.05) is 11.6 Å². The molecular weight excluding hydrogens is 550 g/mol. The van der Waals surface area contributed by atoms with Crippen LogP contribution in [0.3, 0.4) is 0 Å². The molecule has 12 heteroatoms. The molecule has 3 aromatic rings. The van der Waals surface area contributed by atoms with Gasteiger partial charge in [-0.25, -0.2) is 18.4 Å². The van der Waals surface area contributed by atoms with Crippen molar-refractivity contribution in [1.29, 1.82) is 0 Å². The number of rotatable bonds is 3. The van der Waals surface area contributed by atoms with Crippen LogP contribution in [0.25, 0.3) is 22.0 Å². The molecule has 8 nitrogen and oxygen atoms in total. The van der Waals surface area contributed by atoms with Crippen molar-refractivity contribution in [3.8, 4) is 11.1 Å². The molecule has 208 valence electrons. The normalized spacial score (nSPS) is 17.9. The minimum atomic E-state index is -0.748. The van der Waals surface area contributed by atoms with E-state index in [4.69, 9.17) is 21.1 Å². The van der Waals surface area contributed by atoms with E-state index in [1.807, 2.05) is 25.7 Å². The van der Waals surface area contributed by atoms with E-state index in [0.29, 0.717) is 59.1 Å². The van der Waals surface area contributed by atoms with Crippen LogP contribution in [0.4, 0.5) is 19.4 Å². The molecule has 0 bridgehead atoms. The second-order valence-electron chi connectivity index (χ2n) is 10.5. The summed E-state index contributed by atoms with van der Waals surface area (Å²) in [5.74, 6) is -0.504. The van der Waals surface area contributed by atoms with Crippen LogP contribution in [0.1, 0.15) is 20.8 Å². The van der Waals surface area contributed by atoms with Gasteiger partial charge in [0.1, 0.15) is 23.1 Å². The second-order valence-corrected chi connectivity index (χ2v) is 12.0. The van der Waals surface area contributed by atoms with Gasteiger partial charge in [0.25, 0.3) is 0 Å². The molecule has 0 aliphatic carbocycles. The molecule has 0 unspecified atom stereocenters. The summed E-state index contributed by atoms with van der Waals surface area (Å²) >= 11 is 8.21. The Morgan fingerprint density at radius 2 is 1.87 bits per heavy atom. The molecule has 0 N–H and O–H groups in total. The van der Waals surface area contributed by atoms with Crippen molar-refractivity contribution in [2.45, 2.75) is 43.9 Å². The molecule has 1 saturated heterocycles. The Morgan fingerprint density at radius 3 is 2.51 bits per heavy atom. The third-order valence-electron chi connectivity index (χ3n) is 6.71. The Bertz CT molecular complexity index is 1500. The predicted molar refractivity (Wildman–Crippen MR) is 148 cm³/mol. The van der Waals surface area contributed by atoms with Gasteiger partial charge in [0.2, 0.25) is 0 Å². The Morgan fingerprint density at radius 1 is 1.15 bits per heavy atom. The van der Waals surface area contributed by atoms with Gasteiger partial charge in [0.15, 0.2) is 0 Å². The van der Waals surface area contributed by atoms with Crippen molar-refractivity contribution in [1.82, 2.24) is 14.5 Å². The standard InChI is InChI=1S/C27H29ClF2N4O4S/c1-27(2,3)38-26(36)33-9-7-32(8-10-33)24-18-12-19(28)21(17-6-5-15(29)11-20(17)30)23-22(18)34(25(35)31-24)13-16(37-4)14-39-23/h5-6,11-12,16H,7-10,13-14H2,1-4H3/t16-/m0/s1. The van der Waals surface area contributed by atoms with Crippen molar-refractivity contribution < 1.29 is 23.0 Å². The summed E-state index contributed by atoms with van der Waals surface area (Å²) in [6.07, 6.45) is -0.683. The van der Waals surface area contributed by atoms with Crippen LogP contribution in [0.2, 0.25) is 5.02 Å². The lowest BCUT2D eigenvalue weighted by Gasteiger charge is -2.36. The van der Waals surface area contributed by atoms with Crippen LogP contribution in [0.15, 0.2) is 34.0 Å². The SMILES string of the molecule is CO[C@@H]1CSc2c(-c3ccc(F)cc3F)c(Cl)cc3c(N4CCN(C(=O)OC(C)(C)C)CC4)nc(=O)n(c23)C1. The average Bonchev–Trinajstić information content (AvgIpc) is 3.07. The molecule has 2 aromatic carbocycles. The minimum absolute atomic E-state index is 0.144. The summed E-state index contributed by atoms with van der Waals surface area (Å²) in [5, 5.41) is 0.892. The number of amides is 1. The summed E-state index contributed by atoms with van der Waals surface area (Å²) in [7, 11) is 1.57. The fraction of sp³-hybridized carbons (Fsp3) is 0.444. The number of halogens is 3. The first-order valence-corrected chi connectivity index (χ1v) is 13.9. The molecule has 0 saturated carbocycles. The highest BCUT2D eigenvalue weighted by Crippen LogP contribution is 2.46. The number of carbonyl (C=O) groups excluding carboxylic acids is 1. The van der Waals surface area contributed by atoms with Crippen LogP contribution >= 0.6 is 23.4 Å². The Balaban J connectivity index is 1.62. The highest BCUT2D eigenvalue weighted by atomic mass is 35.5. The lowest BCUT2D eigenvalue weighted by Crippen LogP contribution is -2.50. The lowest BCUT2D eigenvalue weighted by atomic mass is 10.0. The Kier molecular flexibility index (Phi) is 7.51. The minimum Gasteiger partial charge on any atom is -0.444 e. The van der Waals surface area contributed by atoms with E-state index >= 15 is 0 Å². The fourth-order valence-electron chi connectivity index (χ4n) is 4.86. The average molecular weight is 579 g/mol. The molecule has 1 atom stereocenters. The number of methoxy groups -OCH3 is 1. The van der Waals surface area contributed by atoms with Gasteiger partial charge in [0.05, 0.1) is 23.2 Å². The third-order valence-corrected chi connectivity index (χ3v) is 8.24. The molecule has 0 radical (unpaired) electrons. The number of nitrogens with zero attached hydrogens (tertiary/aromatic N) is 4. The van der Waals surface area contributed by atoms with Crippen LogP contribution in [-0.2, 0) is 16.0 Å². The highest BCUT2D eigenvalue weighted by Gasteiger charge is 2.31. The molecule has 39 heavy (non-hydrogen) atoms. The monoisotopic (exact) mass is 578 g/mol. The van der Waals surface area contributed by atoms with E-state index in [9.17, 15) is 18.4 Å². The van der Waals surface area contributed by atoms with Crippen molar-refractivity contribution in [3.63, 3.8) is 0 Å². The second kappa shape index (κ2) is 10.6. The van der Waals surface area contributed by atoms with Crippen LogP contribution in [0, 0.1) is 11.6 Å². The fourth-order valence-corrected chi connectivity index (χ4v) is 6.53. The van der Waals surface area contributed by atoms with Gasteiger partial charge in [-0.2, -0.15) is 4.98 Å². The molecule has 2 aliphatic rings. The number of benzene rings is 2. The largest absolute Gasteiger partial charge is 0.444 e. The molecule has 0 spiro atoms. The summed E-state index contributed by atoms with van der Waals surface area (Å²) in [6, 6.07) is 5.04. The first-order chi connectivity index (χ1) is 18.5. The zero-order valence-electron chi connectivity index (χ0n) is 22.1. The summed E-state index contributed by atoms with van der Waals surface area (Å²) in [4.78, 5) is 34.6.